The monoisotopic (exact) mass is 521 g/mol. The summed E-state index contributed by atoms with van der Waals surface area (Å²) in [6.07, 6.45) is 2.17. The van der Waals surface area contributed by atoms with Crippen LogP contribution in [0.5, 0.6) is 0 Å². The summed E-state index contributed by atoms with van der Waals surface area (Å²) in [6.45, 7) is 1.02. The van der Waals surface area contributed by atoms with E-state index >= 15 is 0 Å². The van der Waals surface area contributed by atoms with E-state index in [2.05, 4.69) is 0 Å². The number of aromatic nitrogens is 3. The van der Waals surface area contributed by atoms with Gasteiger partial charge in [0, 0.05) is 52.8 Å². The Morgan fingerprint density at radius 3 is 2.46 bits per heavy atom. The third-order valence-corrected chi connectivity index (χ3v) is 6.92. The van der Waals surface area contributed by atoms with Crippen LogP contribution < -0.4 is 10.6 Å². The molecule has 2 aromatic carbocycles. The molecule has 0 saturated carbocycles. The largest absolute Gasteiger partial charge is 0.481 e. The first-order chi connectivity index (χ1) is 17.7. The predicted molar refractivity (Wildman–Crippen MR) is 140 cm³/mol. The van der Waals surface area contributed by atoms with Crippen molar-refractivity contribution in [2.45, 2.75) is 25.7 Å². The van der Waals surface area contributed by atoms with Crippen LogP contribution in [0.25, 0.3) is 27.8 Å². The van der Waals surface area contributed by atoms with Gasteiger partial charge in [-0.3, -0.25) is 19.0 Å². The average molecular weight is 522 g/mol. The zero-order valence-corrected chi connectivity index (χ0v) is 20.5. The molecule has 37 heavy (non-hydrogen) atoms. The first kappa shape index (κ1) is 24.5. The van der Waals surface area contributed by atoms with Gasteiger partial charge in [0.2, 0.25) is 5.95 Å². The predicted octanol–water partition coefficient (Wildman–Crippen LogP) is 4.16. The molecular formula is C26H24ClN5O5. The van der Waals surface area contributed by atoms with Gasteiger partial charge in [-0.15, -0.1) is 0 Å². The summed E-state index contributed by atoms with van der Waals surface area (Å²) in [5.41, 5.74) is 8.24. The standard InChI is InChI=1S/C26H24ClN5O5/c27-15-1-4-21-17(11-15)19(22(33)5-6-23(34)35)13-32(21)26-29-20-3-2-16(28)12-18(20)24(30-26)31-9-7-14(8-10-31)25(36)37/h1-4,11-14H,5-10,28H2,(H,34,35)(H,36,37). The summed E-state index contributed by atoms with van der Waals surface area (Å²) in [5, 5.41) is 20.2. The second-order valence-electron chi connectivity index (χ2n) is 9.11. The summed E-state index contributed by atoms with van der Waals surface area (Å²) in [6, 6.07) is 10.5. The Morgan fingerprint density at radius 2 is 1.76 bits per heavy atom. The number of halogens is 1. The maximum absolute atomic E-state index is 12.9. The molecule has 0 radical (unpaired) electrons. The number of hydrogen-bond acceptors (Lipinski definition) is 7. The summed E-state index contributed by atoms with van der Waals surface area (Å²) < 4.78 is 1.70. The van der Waals surface area contributed by atoms with E-state index in [1.54, 1.807) is 47.2 Å². The van der Waals surface area contributed by atoms with Crippen molar-refractivity contribution in [1.82, 2.24) is 14.5 Å². The molecule has 5 rings (SSSR count). The van der Waals surface area contributed by atoms with Gasteiger partial charge in [-0.1, -0.05) is 11.6 Å². The molecule has 1 aliphatic rings. The van der Waals surface area contributed by atoms with Crippen LogP contribution in [0.3, 0.4) is 0 Å². The molecule has 1 saturated heterocycles. The van der Waals surface area contributed by atoms with Gasteiger partial charge in [0.05, 0.1) is 23.4 Å². The topological polar surface area (TPSA) is 152 Å². The van der Waals surface area contributed by atoms with Crippen molar-refractivity contribution in [2.75, 3.05) is 23.7 Å². The number of nitrogen functional groups attached to an aromatic ring is 1. The van der Waals surface area contributed by atoms with Gasteiger partial charge in [0.25, 0.3) is 0 Å². The second-order valence-corrected chi connectivity index (χ2v) is 9.55. The molecule has 0 atom stereocenters. The van der Waals surface area contributed by atoms with Crippen LogP contribution in [0.1, 0.15) is 36.0 Å². The maximum atomic E-state index is 12.9. The van der Waals surface area contributed by atoms with Gasteiger partial charge >= 0.3 is 11.9 Å². The van der Waals surface area contributed by atoms with Gasteiger partial charge in [-0.2, -0.15) is 4.98 Å². The van der Waals surface area contributed by atoms with Crippen molar-refractivity contribution in [3.63, 3.8) is 0 Å². The van der Waals surface area contributed by atoms with Gasteiger partial charge in [-0.25, -0.2) is 4.98 Å². The molecule has 190 valence electrons. The molecular weight excluding hydrogens is 498 g/mol. The molecule has 3 heterocycles. The molecule has 10 nitrogen and oxygen atoms in total. The Balaban J connectivity index is 1.64. The normalized spacial score (nSPS) is 14.4. The van der Waals surface area contributed by atoms with Crippen molar-refractivity contribution < 1.29 is 24.6 Å². The quantitative estimate of drug-likeness (QED) is 0.240. The fourth-order valence-corrected chi connectivity index (χ4v) is 4.92. The molecule has 0 aliphatic carbocycles. The third kappa shape index (κ3) is 4.79. The molecule has 0 amide bonds. The van der Waals surface area contributed by atoms with Gasteiger partial charge < -0.3 is 20.8 Å². The Labute approximate surface area is 216 Å². The molecule has 11 heteroatoms. The van der Waals surface area contributed by atoms with Crippen LogP contribution in [-0.4, -0.2) is 55.6 Å². The summed E-state index contributed by atoms with van der Waals surface area (Å²) in [5.74, 6) is -1.62. The van der Waals surface area contributed by atoms with Crippen LogP contribution in [0.4, 0.5) is 11.5 Å². The first-order valence-electron chi connectivity index (χ1n) is 11.8. The van der Waals surface area contributed by atoms with E-state index in [0.717, 1.165) is 5.39 Å². The first-order valence-corrected chi connectivity index (χ1v) is 12.2. The molecule has 1 fully saturated rings. The van der Waals surface area contributed by atoms with E-state index in [4.69, 9.17) is 32.4 Å². The van der Waals surface area contributed by atoms with Crippen LogP contribution >= 0.6 is 11.6 Å². The van der Waals surface area contributed by atoms with Crippen molar-refractivity contribution in [1.29, 1.82) is 0 Å². The van der Waals surface area contributed by atoms with E-state index in [-0.39, 0.29) is 18.6 Å². The number of anilines is 2. The minimum Gasteiger partial charge on any atom is -0.481 e. The number of nitrogens with two attached hydrogens (primary N) is 1. The minimum absolute atomic E-state index is 0.150. The number of ketones is 1. The van der Waals surface area contributed by atoms with E-state index in [1.807, 2.05) is 4.90 Å². The van der Waals surface area contributed by atoms with Gasteiger partial charge in [0.15, 0.2) is 5.78 Å². The number of hydrogen-bond donors (Lipinski definition) is 3. The number of nitrogens with zero attached hydrogens (tertiary/aromatic N) is 4. The smallest absolute Gasteiger partial charge is 0.306 e. The molecule has 0 spiro atoms. The Kier molecular flexibility index (Phi) is 6.43. The zero-order valence-electron chi connectivity index (χ0n) is 19.7. The average Bonchev–Trinajstić information content (AvgIpc) is 3.25. The molecule has 0 unspecified atom stereocenters. The number of carbonyl (C=O) groups is 3. The lowest BCUT2D eigenvalue weighted by molar-refractivity contribution is -0.142. The van der Waals surface area contributed by atoms with Crippen LogP contribution in [0, 0.1) is 5.92 Å². The van der Waals surface area contributed by atoms with E-state index in [9.17, 15) is 19.5 Å². The number of carboxylic acid groups (broad SMARTS) is 2. The highest BCUT2D eigenvalue weighted by molar-refractivity contribution is 6.31. The van der Waals surface area contributed by atoms with Crippen molar-refractivity contribution in [3.05, 3.63) is 53.2 Å². The van der Waals surface area contributed by atoms with E-state index in [0.29, 0.717) is 70.4 Å². The van der Waals surface area contributed by atoms with Crippen LogP contribution in [-0.2, 0) is 9.59 Å². The van der Waals surface area contributed by atoms with E-state index < -0.39 is 17.9 Å². The molecule has 4 aromatic rings. The Bertz CT molecular complexity index is 1560. The molecule has 0 bridgehead atoms. The van der Waals surface area contributed by atoms with Crippen molar-refractivity contribution >= 4 is 62.6 Å². The van der Waals surface area contributed by atoms with Gasteiger partial charge in [-0.05, 0) is 49.2 Å². The summed E-state index contributed by atoms with van der Waals surface area (Å²) in [7, 11) is 0. The lowest BCUT2D eigenvalue weighted by Gasteiger charge is -2.32. The number of aliphatic carboxylic acids is 2. The number of fused-ring (bicyclic) bond motifs is 2. The fraction of sp³-hybridized carbons (Fsp3) is 0.269. The maximum Gasteiger partial charge on any atom is 0.306 e. The number of piperidine rings is 1. The van der Waals surface area contributed by atoms with Gasteiger partial charge in [0.1, 0.15) is 5.82 Å². The van der Waals surface area contributed by atoms with Crippen LogP contribution in [0.2, 0.25) is 5.02 Å². The highest BCUT2D eigenvalue weighted by Gasteiger charge is 2.27. The van der Waals surface area contributed by atoms with Crippen LogP contribution in [0.15, 0.2) is 42.6 Å². The Hall–Kier alpha value is -4.18. The summed E-state index contributed by atoms with van der Waals surface area (Å²) >= 11 is 6.23. The number of rotatable bonds is 7. The van der Waals surface area contributed by atoms with Crippen molar-refractivity contribution in [3.8, 4) is 5.95 Å². The second kappa shape index (κ2) is 9.70. The summed E-state index contributed by atoms with van der Waals surface area (Å²) in [4.78, 5) is 47.1. The lowest BCUT2D eigenvalue weighted by Crippen LogP contribution is -2.37. The highest BCUT2D eigenvalue weighted by Crippen LogP contribution is 2.33. The zero-order chi connectivity index (χ0) is 26.3. The fourth-order valence-electron chi connectivity index (χ4n) is 4.75. The number of carbonyl (C=O) groups excluding carboxylic acids is 1. The highest BCUT2D eigenvalue weighted by atomic mass is 35.5. The lowest BCUT2D eigenvalue weighted by atomic mass is 9.97. The third-order valence-electron chi connectivity index (χ3n) is 6.68. The van der Waals surface area contributed by atoms with E-state index in [1.165, 1.54) is 0 Å². The molecule has 2 aromatic heterocycles. The number of benzene rings is 2. The number of carboxylic acids is 2. The molecule has 1 aliphatic heterocycles. The number of Topliss-reactive ketones (excluding diaryl/α,β-unsaturated/α-hetero) is 1. The molecule has 4 N–H and O–H groups in total. The SMILES string of the molecule is Nc1ccc2nc(-n3cc(C(=O)CCC(=O)O)c4cc(Cl)ccc43)nc(N3CCC(C(=O)O)CC3)c2c1. The van der Waals surface area contributed by atoms with Crippen molar-refractivity contribution in [2.24, 2.45) is 5.92 Å². The Morgan fingerprint density at radius 1 is 1.00 bits per heavy atom. The minimum atomic E-state index is -1.05.